The van der Waals surface area contributed by atoms with E-state index in [9.17, 15) is 9.59 Å². The minimum atomic E-state index is -0.563. The maximum absolute atomic E-state index is 11.8. The lowest BCUT2D eigenvalue weighted by molar-refractivity contribution is -0.143. The quantitative estimate of drug-likeness (QED) is 0.621. The van der Waals surface area contributed by atoms with Crippen LogP contribution in [0.25, 0.3) is 0 Å². The summed E-state index contributed by atoms with van der Waals surface area (Å²) >= 11 is 0. The summed E-state index contributed by atoms with van der Waals surface area (Å²) in [7, 11) is 1.35. The zero-order chi connectivity index (χ0) is 16.6. The van der Waals surface area contributed by atoms with Gasteiger partial charge in [-0.05, 0) is 26.3 Å². The van der Waals surface area contributed by atoms with Gasteiger partial charge in [0.15, 0.2) is 0 Å². The van der Waals surface area contributed by atoms with Gasteiger partial charge in [0.05, 0.1) is 7.11 Å². The Bertz CT molecular complexity index is 483. The molecule has 22 heavy (non-hydrogen) atoms. The highest BCUT2D eigenvalue weighted by Gasteiger charge is 2.20. The lowest BCUT2D eigenvalue weighted by Gasteiger charge is -2.20. The van der Waals surface area contributed by atoms with Crippen molar-refractivity contribution >= 4 is 12.1 Å². The SMILES string of the molecule is COC(=O)[C@H](NCCNC(=O)OC(C)(C)C)c1ccccc1. The first-order valence-electron chi connectivity index (χ1n) is 7.16. The van der Waals surface area contributed by atoms with Crippen LogP contribution in [0.1, 0.15) is 32.4 Å². The highest BCUT2D eigenvalue weighted by Crippen LogP contribution is 2.13. The van der Waals surface area contributed by atoms with E-state index < -0.39 is 17.7 Å². The van der Waals surface area contributed by atoms with E-state index in [0.717, 1.165) is 5.56 Å². The standard InChI is InChI=1S/C16H24N2O4/c1-16(2,3)22-15(20)18-11-10-17-13(14(19)21-4)12-8-6-5-7-9-12/h5-9,13,17H,10-11H2,1-4H3,(H,18,20)/t13-/m1/s1. The maximum Gasteiger partial charge on any atom is 0.407 e. The Kier molecular flexibility index (Phi) is 6.85. The molecule has 0 fully saturated rings. The molecule has 0 aliphatic carbocycles. The lowest BCUT2D eigenvalue weighted by atomic mass is 10.1. The van der Waals surface area contributed by atoms with Crippen molar-refractivity contribution in [1.29, 1.82) is 0 Å². The van der Waals surface area contributed by atoms with Crippen LogP contribution < -0.4 is 10.6 Å². The molecule has 1 aromatic rings. The van der Waals surface area contributed by atoms with Crippen LogP contribution in [0.5, 0.6) is 0 Å². The first kappa shape index (κ1) is 18.0. The number of carbonyl (C=O) groups is 2. The van der Waals surface area contributed by atoms with Gasteiger partial charge in [-0.15, -0.1) is 0 Å². The zero-order valence-corrected chi connectivity index (χ0v) is 13.5. The smallest absolute Gasteiger partial charge is 0.407 e. The first-order valence-corrected chi connectivity index (χ1v) is 7.16. The molecule has 0 aromatic heterocycles. The van der Waals surface area contributed by atoms with Crippen molar-refractivity contribution in [3.8, 4) is 0 Å². The number of ether oxygens (including phenoxy) is 2. The van der Waals surface area contributed by atoms with Crippen LogP contribution in [0.2, 0.25) is 0 Å². The number of esters is 1. The molecule has 1 aromatic carbocycles. The van der Waals surface area contributed by atoms with Crippen molar-refractivity contribution in [2.45, 2.75) is 32.4 Å². The molecule has 2 N–H and O–H groups in total. The van der Waals surface area contributed by atoms with Crippen LogP contribution in [-0.2, 0) is 14.3 Å². The normalized spacial score (nSPS) is 12.4. The largest absolute Gasteiger partial charge is 0.468 e. The van der Waals surface area contributed by atoms with E-state index in [4.69, 9.17) is 9.47 Å². The van der Waals surface area contributed by atoms with Crippen molar-refractivity contribution in [3.63, 3.8) is 0 Å². The van der Waals surface area contributed by atoms with E-state index in [1.54, 1.807) is 20.8 Å². The molecule has 6 heteroatoms. The highest BCUT2D eigenvalue weighted by molar-refractivity contribution is 5.77. The fourth-order valence-electron chi connectivity index (χ4n) is 1.80. The molecule has 0 bridgehead atoms. The van der Waals surface area contributed by atoms with Gasteiger partial charge in [-0.2, -0.15) is 0 Å². The van der Waals surface area contributed by atoms with E-state index in [1.807, 2.05) is 30.3 Å². The average Bonchev–Trinajstić information content (AvgIpc) is 2.45. The molecule has 0 aliphatic rings. The summed E-state index contributed by atoms with van der Waals surface area (Å²) in [6.45, 7) is 6.15. The summed E-state index contributed by atoms with van der Waals surface area (Å²) in [4.78, 5) is 23.3. The molecule has 0 saturated carbocycles. The molecular weight excluding hydrogens is 284 g/mol. The predicted molar refractivity (Wildman–Crippen MR) is 83.4 cm³/mol. The van der Waals surface area contributed by atoms with Crippen molar-refractivity contribution in [2.24, 2.45) is 0 Å². The molecule has 0 radical (unpaired) electrons. The van der Waals surface area contributed by atoms with Gasteiger partial charge < -0.3 is 14.8 Å². The molecule has 0 spiro atoms. The van der Waals surface area contributed by atoms with Crippen LogP contribution in [0.15, 0.2) is 30.3 Å². The Hall–Kier alpha value is -2.08. The van der Waals surface area contributed by atoms with Gasteiger partial charge in [0.1, 0.15) is 11.6 Å². The number of carbonyl (C=O) groups excluding carboxylic acids is 2. The van der Waals surface area contributed by atoms with Crippen molar-refractivity contribution < 1.29 is 19.1 Å². The second-order valence-electron chi connectivity index (χ2n) is 5.75. The van der Waals surface area contributed by atoms with E-state index in [1.165, 1.54) is 7.11 Å². The zero-order valence-electron chi connectivity index (χ0n) is 13.5. The van der Waals surface area contributed by atoms with E-state index in [0.29, 0.717) is 13.1 Å². The molecule has 0 saturated heterocycles. The molecular formula is C16H24N2O4. The fourth-order valence-corrected chi connectivity index (χ4v) is 1.80. The number of nitrogens with one attached hydrogen (secondary N) is 2. The first-order chi connectivity index (χ1) is 10.3. The second-order valence-corrected chi connectivity index (χ2v) is 5.75. The van der Waals surface area contributed by atoms with Gasteiger partial charge in [0.25, 0.3) is 0 Å². The third-order valence-corrected chi connectivity index (χ3v) is 2.71. The van der Waals surface area contributed by atoms with E-state index in [-0.39, 0.29) is 5.97 Å². The van der Waals surface area contributed by atoms with Gasteiger partial charge in [-0.3, -0.25) is 5.32 Å². The Morgan fingerprint density at radius 1 is 1.14 bits per heavy atom. The fraction of sp³-hybridized carbons (Fsp3) is 0.500. The molecule has 1 rings (SSSR count). The molecule has 0 aliphatic heterocycles. The molecule has 1 atom stereocenters. The van der Waals surface area contributed by atoms with Crippen LogP contribution in [-0.4, -0.2) is 37.9 Å². The van der Waals surface area contributed by atoms with Gasteiger partial charge in [0.2, 0.25) is 0 Å². The number of benzene rings is 1. The second kappa shape index (κ2) is 8.38. The number of amides is 1. The number of rotatable bonds is 6. The monoisotopic (exact) mass is 308 g/mol. The summed E-state index contributed by atoms with van der Waals surface area (Å²) in [6, 6.07) is 8.71. The van der Waals surface area contributed by atoms with Crippen molar-refractivity contribution in [2.75, 3.05) is 20.2 Å². The molecule has 122 valence electrons. The number of hydrogen-bond donors (Lipinski definition) is 2. The van der Waals surface area contributed by atoms with E-state index in [2.05, 4.69) is 10.6 Å². The van der Waals surface area contributed by atoms with Crippen LogP contribution >= 0.6 is 0 Å². The predicted octanol–water partition coefficient (Wildman–Crippen LogP) is 2.01. The Balaban J connectivity index is 2.45. The van der Waals surface area contributed by atoms with Crippen molar-refractivity contribution in [1.82, 2.24) is 10.6 Å². The summed E-state index contributed by atoms with van der Waals surface area (Å²) in [5.74, 6) is -0.372. The van der Waals surface area contributed by atoms with Crippen LogP contribution in [0, 0.1) is 0 Å². The van der Waals surface area contributed by atoms with Gasteiger partial charge in [-0.25, -0.2) is 9.59 Å². The average molecular weight is 308 g/mol. The Labute approximate surface area is 131 Å². The summed E-state index contributed by atoms with van der Waals surface area (Å²) in [5, 5.41) is 5.69. The molecule has 0 unspecified atom stereocenters. The van der Waals surface area contributed by atoms with Gasteiger partial charge in [-0.1, -0.05) is 30.3 Å². The summed E-state index contributed by atoms with van der Waals surface area (Å²) in [6.07, 6.45) is -0.483. The molecule has 1 amide bonds. The Morgan fingerprint density at radius 3 is 2.32 bits per heavy atom. The van der Waals surface area contributed by atoms with Gasteiger partial charge >= 0.3 is 12.1 Å². The minimum Gasteiger partial charge on any atom is -0.468 e. The third kappa shape index (κ3) is 6.58. The van der Waals surface area contributed by atoms with Crippen LogP contribution in [0.3, 0.4) is 0 Å². The van der Waals surface area contributed by atoms with E-state index >= 15 is 0 Å². The van der Waals surface area contributed by atoms with Gasteiger partial charge in [0, 0.05) is 13.1 Å². The summed E-state index contributed by atoms with van der Waals surface area (Å²) < 4.78 is 9.93. The topological polar surface area (TPSA) is 76.7 Å². The van der Waals surface area contributed by atoms with Crippen LogP contribution in [0.4, 0.5) is 4.79 Å². The highest BCUT2D eigenvalue weighted by atomic mass is 16.6. The third-order valence-electron chi connectivity index (χ3n) is 2.71. The van der Waals surface area contributed by atoms with Crippen molar-refractivity contribution in [3.05, 3.63) is 35.9 Å². The Morgan fingerprint density at radius 2 is 1.77 bits per heavy atom. The number of methoxy groups -OCH3 is 1. The lowest BCUT2D eigenvalue weighted by Crippen LogP contribution is -2.38. The number of hydrogen-bond acceptors (Lipinski definition) is 5. The molecule has 0 heterocycles. The molecule has 6 nitrogen and oxygen atoms in total. The maximum atomic E-state index is 11.8. The number of alkyl carbamates (subject to hydrolysis) is 1. The minimum absolute atomic E-state index is 0.343. The summed E-state index contributed by atoms with van der Waals surface area (Å²) in [5.41, 5.74) is 0.280.